The molecule has 1 saturated heterocycles. The second-order valence-corrected chi connectivity index (χ2v) is 8.83. The van der Waals surface area contributed by atoms with Crippen molar-refractivity contribution in [1.82, 2.24) is 14.7 Å². The summed E-state index contributed by atoms with van der Waals surface area (Å²) in [6, 6.07) is 5.40. The van der Waals surface area contributed by atoms with Crippen molar-refractivity contribution in [2.75, 3.05) is 20.2 Å². The van der Waals surface area contributed by atoms with Gasteiger partial charge in [-0.25, -0.2) is 0 Å². The maximum absolute atomic E-state index is 13.3. The Morgan fingerprint density at radius 3 is 2.40 bits per heavy atom. The van der Waals surface area contributed by atoms with E-state index in [-0.39, 0.29) is 28.1 Å². The SMILES string of the molecule is COc1cc(-c2c3c(O)cc(Br)cc3nn2C)cc(OC(F)F)c1C(=O)N1CC(O)(C(F)(F)F)C1. The predicted molar refractivity (Wildman–Crippen MR) is 116 cm³/mol. The Kier molecular flexibility index (Phi) is 6.08. The highest BCUT2D eigenvalue weighted by molar-refractivity contribution is 9.10. The minimum atomic E-state index is -4.97. The highest BCUT2D eigenvalue weighted by atomic mass is 79.9. The smallest absolute Gasteiger partial charge is 0.420 e. The molecule has 0 spiro atoms. The molecule has 1 aromatic heterocycles. The summed E-state index contributed by atoms with van der Waals surface area (Å²) in [5.74, 6) is -2.19. The van der Waals surface area contributed by atoms with E-state index in [1.54, 1.807) is 13.1 Å². The minimum Gasteiger partial charge on any atom is -0.507 e. The Morgan fingerprint density at radius 1 is 1.20 bits per heavy atom. The first kappa shape index (κ1) is 25.0. The zero-order valence-corrected chi connectivity index (χ0v) is 19.6. The molecule has 0 radical (unpaired) electrons. The summed E-state index contributed by atoms with van der Waals surface area (Å²) in [5.41, 5.74) is -2.82. The number of β-amino-alcohol motifs (C(OH)–C–C–N with tert-alkyl or cyclic N) is 1. The number of carbonyl (C=O) groups excluding carboxylic acids is 1. The van der Waals surface area contributed by atoms with Gasteiger partial charge in [0.05, 0.1) is 36.8 Å². The van der Waals surface area contributed by atoms with Gasteiger partial charge in [0.25, 0.3) is 5.91 Å². The van der Waals surface area contributed by atoms with E-state index in [9.17, 15) is 37.0 Å². The Hall–Kier alpha value is -3.13. The molecule has 2 aromatic carbocycles. The van der Waals surface area contributed by atoms with Crippen molar-refractivity contribution in [1.29, 1.82) is 0 Å². The van der Waals surface area contributed by atoms with Crippen molar-refractivity contribution in [2.45, 2.75) is 18.4 Å². The van der Waals surface area contributed by atoms with Gasteiger partial charge in [-0.2, -0.15) is 27.1 Å². The van der Waals surface area contributed by atoms with E-state index in [1.807, 2.05) is 0 Å². The van der Waals surface area contributed by atoms with Crippen LogP contribution in [0.4, 0.5) is 22.0 Å². The predicted octanol–water partition coefficient (Wildman–Crippen LogP) is 4.07. The zero-order valence-electron chi connectivity index (χ0n) is 18.0. The number of fused-ring (bicyclic) bond motifs is 1. The number of carbonyl (C=O) groups is 1. The number of hydrogen-bond acceptors (Lipinski definition) is 6. The summed E-state index contributed by atoms with van der Waals surface area (Å²) in [6.07, 6.45) is -4.97. The lowest BCUT2D eigenvalue weighted by molar-refractivity contribution is -0.294. The van der Waals surface area contributed by atoms with Crippen LogP contribution in [0.2, 0.25) is 0 Å². The molecule has 3 aromatic rings. The number of amides is 1. The molecule has 1 aliphatic rings. The lowest BCUT2D eigenvalue weighted by atomic mass is 9.92. The average Bonchev–Trinajstić information content (AvgIpc) is 3.04. The van der Waals surface area contributed by atoms with Crippen molar-refractivity contribution in [3.63, 3.8) is 0 Å². The van der Waals surface area contributed by atoms with E-state index in [4.69, 9.17) is 4.74 Å². The molecule has 2 N–H and O–H groups in total. The summed E-state index contributed by atoms with van der Waals surface area (Å²) in [4.78, 5) is 13.6. The molecule has 35 heavy (non-hydrogen) atoms. The molecule has 4 rings (SSSR count). The van der Waals surface area contributed by atoms with E-state index < -0.39 is 48.7 Å². The molecule has 0 bridgehead atoms. The number of likely N-dealkylation sites (tertiary alicyclic amines) is 1. The fourth-order valence-corrected chi connectivity index (χ4v) is 4.39. The molecule has 14 heteroatoms. The molecular formula is C21H17BrF5N3O5. The highest BCUT2D eigenvalue weighted by Crippen LogP contribution is 2.44. The Morgan fingerprint density at radius 2 is 1.83 bits per heavy atom. The van der Waals surface area contributed by atoms with Gasteiger partial charge in [-0.15, -0.1) is 0 Å². The van der Waals surface area contributed by atoms with Gasteiger partial charge in [-0.1, -0.05) is 15.9 Å². The van der Waals surface area contributed by atoms with E-state index in [2.05, 4.69) is 25.8 Å². The summed E-state index contributed by atoms with van der Waals surface area (Å²) in [6.45, 7) is -5.54. The fourth-order valence-electron chi connectivity index (χ4n) is 3.96. The molecule has 0 aliphatic carbocycles. The minimum absolute atomic E-state index is 0.167. The molecule has 188 valence electrons. The van der Waals surface area contributed by atoms with Gasteiger partial charge in [0.2, 0.25) is 0 Å². The number of aromatic hydroxyl groups is 1. The Balaban J connectivity index is 1.84. The lowest BCUT2D eigenvalue weighted by Crippen LogP contribution is -2.70. The number of hydrogen-bond donors (Lipinski definition) is 2. The second-order valence-electron chi connectivity index (χ2n) is 7.91. The van der Waals surface area contributed by atoms with Crippen LogP contribution in [0, 0.1) is 0 Å². The number of aromatic nitrogens is 2. The normalized spacial score (nSPS) is 15.4. The summed E-state index contributed by atoms with van der Waals surface area (Å²) < 4.78 is 77.1. The Labute approximate surface area is 202 Å². The van der Waals surface area contributed by atoms with Gasteiger partial charge in [0.15, 0.2) is 5.60 Å². The van der Waals surface area contributed by atoms with E-state index >= 15 is 0 Å². The number of benzene rings is 2. The maximum Gasteiger partial charge on any atom is 0.420 e. The lowest BCUT2D eigenvalue weighted by Gasteiger charge is -2.47. The molecule has 1 aliphatic heterocycles. The van der Waals surface area contributed by atoms with Gasteiger partial charge >= 0.3 is 12.8 Å². The Bertz CT molecular complexity index is 1320. The molecule has 0 unspecified atom stereocenters. The number of rotatable bonds is 5. The number of phenolic OH excluding ortho intramolecular Hbond substituents is 1. The number of aliphatic hydroxyl groups is 1. The van der Waals surface area contributed by atoms with E-state index in [1.165, 1.54) is 16.8 Å². The average molecular weight is 566 g/mol. The first-order chi connectivity index (χ1) is 16.3. The standard InChI is InChI=1S/C21H17BrF5N3O5/c1-29-17(15-11(28-29)5-10(22)6-12(15)31)9-3-13(34-2)16(14(4-9)35-19(23)24)18(32)30-7-20(33,8-30)21(25,26)27/h3-6,19,31,33H,7-8H2,1-2H3. The van der Waals surface area contributed by atoms with Crippen molar-refractivity contribution in [3.8, 4) is 28.5 Å². The summed E-state index contributed by atoms with van der Waals surface area (Å²) >= 11 is 3.24. The largest absolute Gasteiger partial charge is 0.507 e. The molecular weight excluding hydrogens is 549 g/mol. The third-order valence-corrected chi connectivity index (χ3v) is 6.05. The molecule has 2 heterocycles. The third kappa shape index (κ3) is 4.24. The number of ether oxygens (including phenoxy) is 2. The third-order valence-electron chi connectivity index (χ3n) is 5.59. The fraction of sp³-hybridized carbons (Fsp3) is 0.333. The number of phenols is 1. The monoisotopic (exact) mass is 565 g/mol. The summed E-state index contributed by atoms with van der Waals surface area (Å²) in [7, 11) is 2.68. The molecule has 0 saturated carbocycles. The highest BCUT2D eigenvalue weighted by Gasteiger charge is 2.62. The number of nitrogens with zero attached hydrogens (tertiary/aromatic N) is 3. The van der Waals surface area contributed by atoms with Gasteiger partial charge < -0.3 is 24.6 Å². The molecule has 1 fully saturated rings. The molecule has 8 nitrogen and oxygen atoms in total. The van der Waals surface area contributed by atoms with Crippen LogP contribution in [-0.4, -0.2) is 69.4 Å². The van der Waals surface area contributed by atoms with Crippen LogP contribution in [0.25, 0.3) is 22.2 Å². The van der Waals surface area contributed by atoms with Crippen LogP contribution in [0.3, 0.4) is 0 Å². The number of alkyl halides is 5. The number of aryl methyl sites for hydroxylation is 1. The van der Waals surface area contributed by atoms with Crippen molar-refractivity contribution < 1.29 is 46.4 Å². The van der Waals surface area contributed by atoms with E-state index in [0.717, 1.165) is 13.2 Å². The van der Waals surface area contributed by atoms with E-state index in [0.29, 0.717) is 14.9 Å². The molecule has 1 amide bonds. The summed E-state index contributed by atoms with van der Waals surface area (Å²) in [5, 5.41) is 24.7. The maximum atomic E-state index is 13.3. The first-order valence-corrected chi connectivity index (χ1v) is 10.7. The van der Waals surface area contributed by atoms with Crippen LogP contribution in [0.5, 0.6) is 17.2 Å². The van der Waals surface area contributed by atoms with Crippen molar-refractivity contribution >= 4 is 32.7 Å². The van der Waals surface area contributed by atoms with Gasteiger partial charge in [-0.3, -0.25) is 9.48 Å². The zero-order chi connectivity index (χ0) is 25.9. The van der Waals surface area contributed by atoms with Crippen LogP contribution >= 0.6 is 15.9 Å². The topological polar surface area (TPSA) is 97.1 Å². The van der Waals surface area contributed by atoms with Gasteiger partial charge in [0.1, 0.15) is 22.8 Å². The number of halogens is 6. The van der Waals surface area contributed by atoms with Gasteiger partial charge in [-0.05, 0) is 24.3 Å². The van der Waals surface area contributed by atoms with Crippen LogP contribution < -0.4 is 9.47 Å². The van der Waals surface area contributed by atoms with Crippen LogP contribution in [0.1, 0.15) is 10.4 Å². The second kappa shape index (κ2) is 8.52. The first-order valence-electron chi connectivity index (χ1n) is 9.86. The quantitative estimate of drug-likeness (QED) is 0.453. The number of methoxy groups -OCH3 is 1. The van der Waals surface area contributed by atoms with Crippen LogP contribution in [-0.2, 0) is 7.05 Å². The van der Waals surface area contributed by atoms with Gasteiger partial charge in [0, 0.05) is 17.1 Å². The molecule has 0 atom stereocenters. The van der Waals surface area contributed by atoms with Crippen LogP contribution in [0.15, 0.2) is 28.7 Å². The van der Waals surface area contributed by atoms with Crippen molar-refractivity contribution in [2.24, 2.45) is 7.05 Å². The van der Waals surface area contributed by atoms with Crippen molar-refractivity contribution in [3.05, 3.63) is 34.3 Å².